The molecular formula is C13H19O4Ti. The van der Waals surface area contributed by atoms with Crippen molar-refractivity contribution in [3.8, 4) is 0 Å². The maximum absolute atomic E-state index is 12.0. The molecule has 1 unspecified atom stereocenters. The van der Waals surface area contributed by atoms with E-state index < -0.39 is 18.6 Å². The van der Waals surface area contributed by atoms with Crippen LogP contribution in [0.2, 0.25) is 0 Å². The van der Waals surface area contributed by atoms with Gasteiger partial charge in [0.05, 0.1) is 0 Å². The molecule has 1 aromatic rings. The Morgan fingerprint density at radius 2 is 1.83 bits per heavy atom. The molecule has 1 atom stereocenters. The first kappa shape index (κ1) is 15.4. The molecule has 0 spiro atoms. The van der Waals surface area contributed by atoms with Gasteiger partial charge in [-0.25, -0.2) is 0 Å². The van der Waals surface area contributed by atoms with Crippen LogP contribution < -0.4 is 0 Å². The number of carbonyl (C=O) groups excluding carboxylic acids is 1. The van der Waals surface area contributed by atoms with Crippen molar-refractivity contribution < 1.29 is 34.8 Å². The summed E-state index contributed by atoms with van der Waals surface area (Å²) in [5.41, 5.74) is 0.559. The first-order chi connectivity index (χ1) is 8.72. The van der Waals surface area contributed by atoms with Crippen molar-refractivity contribution >= 4 is 5.97 Å². The molecule has 0 aliphatic carbocycles. The van der Waals surface area contributed by atoms with Crippen LogP contribution in [0.5, 0.6) is 0 Å². The molecule has 0 aliphatic heterocycles. The zero-order chi connectivity index (χ0) is 13.4. The van der Waals surface area contributed by atoms with E-state index in [9.17, 15) is 4.79 Å². The van der Waals surface area contributed by atoms with Gasteiger partial charge >= 0.3 is 115 Å². The van der Waals surface area contributed by atoms with Crippen LogP contribution in [-0.4, -0.2) is 24.6 Å². The Labute approximate surface area is 115 Å². The summed E-state index contributed by atoms with van der Waals surface area (Å²) < 4.78 is 15.9. The van der Waals surface area contributed by atoms with Crippen molar-refractivity contribution in [2.45, 2.75) is 24.2 Å². The van der Waals surface area contributed by atoms with Crippen molar-refractivity contribution in [2.24, 2.45) is 0 Å². The van der Waals surface area contributed by atoms with Gasteiger partial charge in [-0.05, 0) is 0 Å². The molecule has 0 N–H and O–H groups in total. The first-order valence-electron chi connectivity index (χ1n) is 5.93. The van der Waals surface area contributed by atoms with Crippen molar-refractivity contribution in [2.75, 3.05) is 14.2 Å². The van der Waals surface area contributed by atoms with Gasteiger partial charge in [-0.3, -0.25) is 0 Å². The van der Waals surface area contributed by atoms with E-state index in [1.54, 1.807) is 26.4 Å². The normalized spacial score (nSPS) is 11.9. The molecule has 5 heteroatoms. The molecule has 0 aliphatic rings. The van der Waals surface area contributed by atoms with E-state index in [0.717, 1.165) is 12.8 Å². The maximum atomic E-state index is 12.0. The third-order valence-electron chi connectivity index (χ3n) is 2.47. The molecule has 0 aromatic heterocycles. The third kappa shape index (κ3) is 4.54. The summed E-state index contributed by atoms with van der Waals surface area (Å²) >= 11 is -2.23. The standard InChI is InChI=1S/C11H13O2.2CH3O.Ti/c1-2-3-9-13-11(12)10-7-5-4-6-8-10;2*1-2;/h4-9H,2-3H2,1H3;2*1H3;/q;2*-1;+2. The van der Waals surface area contributed by atoms with Gasteiger partial charge in [0, 0.05) is 0 Å². The molecule has 1 aromatic carbocycles. The second kappa shape index (κ2) is 8.43. The number of hydrogen-bond acceptors (Lipinski definition) is 4. The number of ether oxygens (including phenoxy) is 1. The quantitative estimate of drug-likeness (QED) is 0.571. The zero-order valence-electron chi connectivity index (χ0n) is 11.0. The van der Waals surface area contributed by atoms with Gasteiger partial charge in [0.2, 0.25) is 0 Å². The summed E-state index contributed by atoms with van der Waals surface area (Å²) in [6.07, 6.45) is 1.70. The fourth-order valence-corrected chi connectivity index (χ4v) is 3.82. The van der Waals surface area contributed by atoms with Crippen LogP contribution in [0, 0.1) is 0 Å². The Hall–Kier alpha value is -0.676. The van der Waals surface area contributed by atoms with Crippen LogP contribution in [0.15, 0.2) is 30.3 Å². The molecule has 0 radical (unpaired) electrons. The molecular weight excluding hydrogens is 268 g/mol. The minimum absolute atomic E-state index is 0.224. The predicted molar refractivity (Wildman–Crippen MR) is 64.6 cm³/mol. The summed E-state index contributed by atoms with van der Waals surface area (Å²) in [5.74, 6) is -0.312. The number of esters is 1. The Morgan fingerprint density at radius 1 is 1.22 bits per heavy atom. The van der Waals surface area contributed by atoms with Crippen LogP contribution in [-0.2, 0) is 30.0 Å². The number of benzene rings is 1. The minimum atomic E-state index is -2.23. The van der Waals surface area contributed by atoms with Gasteiger partial charge < -0.3 is 0 Å². The Kier molecular flexibility index (Phi) is 7.20. The molecule has 18 heavy (non-hydrogen) atoms. The average molecular weight is 287 g/mol. The molecule has 0 heterocycles. The Morgan fingerprint density at radius 3 is 2.33 bits per heavy atom. The summed E-state index contributed by atoms with van der Waals surface area (Å²) in [6.45, 7) is 2.05. The van der Waals surface area contributed by atoms with Crippen LogP contribution in [0.3, 0.4) is 0 Å². The van der Waals surface area contributed by atoms with Gasteiger partial charge in [0.25, 0.3) is 0 Å². The molecule has 99 valence electrons. The van der Waals surface area contributed by atoms with Crippen molar-refractivity contribution in [3.63, 3.8) is 0 Å². The Bertz CT molecular complexity index is 351. The van der Waals surface area contributed by atoms with E-state index in [-0.39, 0.29) is 10.4 Å². The summed E-state index contributed by atoms with van der Waals surface area (Å²) in [5, 5.41) is 0. The number of carbonyl (C=O) groups is 1. The van der Waals surface area contributed by atoms with Gasteiger partial charge in [-0.2, -0.15) is 0 Å². The van der Waals surface area contributed by atoms with Crippen LogP contribution in [0.4, 0.5) is 0 Å². The fourth-order valence-electron chi connectivity index (χ4n) is 1.60. The monoisotopic (exact) mass is 287 g/mol. The molecule has 0 fully saturated rings. The van der Waals surface area contributed by atoms with Gasteiger partial charge in [0.15, 0.2) is 0 Å². The van der Waals surface area contributed by atoms with Crippen molar-refractivity contribution in [1.29, 1.82) is 0 Å². The van der Waals surface area contributed by atoms with E-state index in [1.165, 1.54) is 0 Å². The molecule has 0 amide bonds. The van der Waals surface area contributed by atoms with Crippen molar-refractivity contribution in [1.82, 2.24) is 0 Å². The van der Waals surface area contributed by atoms with E-state index in [2.05, 4.69) is 0 Å². The van der Waals surface area contributed by atoms with Gasteiger partial charge in [-0.15, -0.1) is 0 Å². The van der Waals surface area contributed by atoms with E-state index >= 15 is 0 Å². The third-order valence-corrected chi connectivity index (χ3v) is 5.19. The predicted octanol–water partition coefficient (Wildman–Crippen LogP) is 2.71. The van der Waals surface area contributed by atoms with Gasteiger partial charge in [0.1, 0.15) is 0 Å². The van der Waals surface area contributed by atoms with Crippen LogP contribution in [0.1, 0.15) is 30.1 Å². The second-order valence-corrected chi connectivity index (χ2v) is 7.05. The summed E-state index contributed by atoms with van der Waals surface area (Å²) in [7, 11) is 3.22. The molecule has 0 saturated carbocycles. The van der Waals surface area contributed by atoms with Crippen LogP contribution >= 0.6 is 0 Å². The number of rotatable bonds is 7. The van der Waals surface area contributed by atoms with E-state index in [0.29, 0.717) is 5.56 Å². The summed E-state index contributed by atoms with van der Waals surface area (Å²) in [4.78, 5) is 12.0. The summed E-state index contributed by atoms with van der Waals surface area (Å²) in [6, 6.07) is 8.98. The first-order valence-corrected chi connectivity index (χ1v) is 8.11. The average Bonchev–Trinajstić information content (AvgIpc) is 2.41. The molecule has 4 nitrogen and oxygen atoms in total. The Balaban J connectivity index is 2.68. The van der Waals surface area contributed by atoms with Crippen LogP contribution in [0.25, 0.3) is 0 Å². The van der Waals surface area contributed by atoms with E-state index in [1.807, 2.05) is 25.1 Å². The SMILES string of the molecule is CCC[CH](OC(=O)c1ccccc1)[Ti]([O]C)[O]C. The second-order valence-electron chi connectivity index (χ2n) is 3.78. The van der Waals surface area contributed by atoms with E-state index in [4.69, 9.17) is 11.4 Å². The molecule has 0 saturated heterocycles. The zero-order valence-corrected chi connectivity index (χ0v) is 12.6. The topological polar surface area (TPSA) is 44.8 Å². The van der Waals surface area contributed by atoms with Crippen molar-refractivity contribution in [3.05, 3.63) is 35.9 Å². The fraction of sp³-hybridized carbons (Fsp3) is 0.462. The van der Waals surface area contributed by atoms with Gasteiger partial charge in [-0.1, -0.05) is 0 Å². The number of hydrogen-bond donors (Lipinski definition) is 0. The molecule has 0 bridgehead atoms. The molecule has 1 rings (SSSR count).